The fraction of sp³-hybridized carbons (Fsp3) is 0.656. The molecule has 61 heavy (non-hydrogen) atoms. The average molecular weight is 926 g/mol. The molecule has 0 aromatic rings. The zero-order valence-corrected chi connectivity index (χ0v) is 35.3. The van der Waals surface area contributed by atoms with Gasteiger partial charge in [-0.2, -0.15) is 0 Å². The van der Waals surface area contributed by atoms with Crippen molar-refractivity contribution in [2.45, 2.75) is 17.5 Å². The van der Waals surface area contributed by atoms with Gasteiger partial charge in [0.2, 0.25) is 59.1 Å². The van der Waals surface area contributed by atoms with Crippen LogP contribution in [-0.2, 0) is 71.7 Å². The maximum atomic E-state index is 13.2. The van der Waals surface area contributed by atoms with Crippen molar-refractivity contribution in [3.8, 4) is 0 Å². The van der Waals surface area contributed by atoms with Crippen LogP contribution in [0, 0.1) is 0 Å². The van der Waals surface area contributed by atoms with Crippen LogP contribution in [0.1, 0.15) is 0 Å². The highest BCUT2D eigenvalue weighted by Crippen LogP contribution is 2.23. The molecule has 0 saturated carbocycles. The highest BCUT2D eigenvalue weighted by atomic mass is 33.1. The molecular weight excluding hydrogens is 875 g/mol. The predicted octanol–water partition coefficient (Wildman–Crippen LogP) is -8.09. The summed E-state index contributed by atoms with van der Waals surface area (Å²) in [5.74, 6) is -8.51. The van der Waals surface area contributed by atoms with Crippen LogP contribution in [0.3, 0.4) is 0 Å². The third-order valence-electron chi connectivity index (χ3n) is 7.29. The van der Waals surface area contributed by atoms with E-state index < -0.39 is 121 Å². The molecule has 29 heteroatoms. The summed E-state index contributed by atoms with van der Waals surface area (Å²) in [6, 6.07) is -2.47. The molecule has 0 radical (unpaired) electrons. The third kappa shape index (κ3) is 25.4. The number of hydrogen-bond donors (Lipinski definition) is 11. The number of thioether (sulfide) groups is 1. The van der Waals surface area contributed by atoms with Crippen molar-refractivity contribution in [3.63, 3.8) is 0 Å². The summed E-state index contributed by atoms with van der Waals surface area (Å²) in [4.78, 5) is 137. The summed E-state index contributed by atoms with van der Waals surface area (Å²) < 4.78 is 21.0. The van der Waals surface area contributed by atoms with Crippen molar-refractivity contribution in [1.29, 1.82) is 0 Å². The Labute approximate surface area is 361 Å². The van der Waals surface area contributed by atoms with Crippen LogP contribution in [0.25, 0.3) is 0 Å². The van der Waals surface area contributed by atoms with E-state index in [1.165, 1.54) is 0 Å². The highest BCUT2D eigenvalue weighted by molar-refractivity contribution is 8.76. The Morgan fingerprint density at radius 2 is 0.984 bits per heavy atom. The van der Waals surface area contributed by atoms with Crippen molar-refractivity contribution in [3.05, 3.63) is 0 Å². The van der Waals surface area contributed by atoms with Gasteiger partial charge < -0.3 is 77.8 Å². The number of primary amides is 1. The number of carbonyl (C=O) groups excluding carboxylic acids is 11. The van der Waals surface area contributed by atoms with Gasteiger partial charge in [0.25, 0.3) is 5.91 Å². The van der Waals surface area contributed by atoms with Crippen molar-refractivity contribution in [2.75, 3.05) is 116 Å². The molecule has 11 amide bonds. The number of nitrogens with two attached hydrogens (primary N) is 1. The van der Waals surface area contributed by atoms with E-state index in [1.807, 2.05) is 0 Å². The van der Waals surface area contributed by atoms with Crippen LogP contribution in [0.15, 0.2) is 0 Å². The highest BCUT2D eigenvalue weighted by Gasteiger charge is 2.27. The lowest BCUT2D eigenvalue weighted by Gasteiger charge is -2.20. The molecule has 0 aromatic heterocycles. The Kier molecular flexibility index (Phi) is 26.5. The minimum atomic E-state index is -1.35. The maximum Gasteiger partial charge on any atom is 0.253 e. The van der Waals surface area contributed by atoms with Crippen molar-refractivity contribution < 1.29 is 71.7 Å². The fourth-order valence-corrected chi connectivity index (χ4v) is 7.56. The molecule has 0 aromatic carbocycles. The number of amides is 11. The molecule has 2 rings (SSSR count). The first-order chi connectivity index (χ1) is 29.2. The van der Waals surface area contributed by atoms with Crippen LogP contribution in [0.2, 0.25) is 0 Å². The van der Waals surface area contributed by atoms with Gasteiger partial charge in [-0.25, -0.2) is 0 Å². The van der Waals surface area contributed by atoms with Crippen LogP contribution in [-0.4, -0.2) is 198 Å². The summed E-state index contributed by atoms with van der Waals surface area (Å²) in [5.41, 5.74) is 4.91. The molecule has 2 aliphatic rings. The van der Waals surface area contributed by atoms with Crippen molar-refractivity contribution in [2.24, 2.45) is 5.73 Å². The van der Waals surface area contributed by atoms with Crippen LogP contribution in [0.5, 0.6) is 0 Å². The second-order valence-corrected chi connectivity index (χ2v) is 15.9. The largest absolute Gasteiger partial charge is 0.377 e. The molecule has 3 atom stereocenters. The normalized spacial score (nSPS) is 20.8. The minimum Gasteiger partial charge on any atom is -0.377 e. The second kappa shape index (κ2) is 31.0. The molecule has 12 N–H and O–H groups in total. The molecule has 2 fully saturated rings. The number of ether oxygens (including phenoxy) is 4. The summed E-state index contributed by atoms with van der Waals surface area (Å²) in [6.45, 7) is -2.19. The number of rotatable bonds is 17. The van der Waals surface area contributed by atoms with Gasteiger partial charge >= 0.3 is 0 Å². The van der Waals surface area contributed by atoms with E-state index in [9.17, 15) is 52.7 Å². The predicted molar refractivity (Wildman–Crippen MR) is 217 cm³/mol. The second-order valence-electron chi connectivity index (χ2n) is 12.3. The van der Waals surface area contributed by atoms with Gasteiger partial charge in [0.05, 0.1) is 78.1 Å². The van der Waals surface area contributed by atoms with E-state index >= 15 is 0 Å². The van der Waals surface area contributed by atoms with Gasteiger partial charge in [-0.15, -0.1) is 11.8 Å². The van der Waals surface area contributed by atoms with Crippen molar-refractivity contribution in [1.82, 2.24) is 53.2 Å². The molecule has 2 aliphatic heterocycles. The first kappa shape index (κ1) is 52.2. The van der Waals surface area contributed by atoms with E-state index in [-0.39, 0.29) is 77.5 Å². The van der Waals surface area contributed by atoms with Gasteiger partial charge in [0.1, 0.15) is 25.3 Å². The zero-order valence-electron chi connectivity index (χ0n) is 32.9. The molecule has 0 aliphatic carbocycles. The summed E-state index contributed by atoms with van der Waals surface area (Å²) >= 11 is 0.702. The van der Waals surface area contributed by atoms with E-state index in [1.54, 1.807) is 0 Å². The van der Waals surface area contributed by atoms with Gasteiger partial charge in [-0.05, 0) is 0 Å². The lowest BCUT2D eigenvalue weighted by molar-refractivity contribution is -0.131. The molecule has 2 saturated heterocycles. The lowest BCUT2D eigenvalue weighted by atomic mass is 10.3. The topological polar surface area (TPSA) is 371 Å². The summed E-state index contributed by atoms with van der Waals surface area (Å²) in [6.07, 6.45) is 0. The van der Waals surface area contributed by atoms with E-state index in [2.05, 4.69) is 53.2 Å². The van der Waals surface area contributed by atoms with Crippen molar-refractivity contribution >= 4 is 98.3 Å². The average Bonchev–Trinajstić information content (AvgIpc) is 3.22. The molecule has 2 bridgehead atoms. The molecule has 0 spiro atoms. The van der Waals surface area contributed by atoms with Gasteiger partial charge in [0.15, 0.2) is 5.37 Å². The van der Waals surface area contributed by atoms with Crippen LogP contribution in [0.4, 0.5) is 0 Å². The summed E-state index contributed by atoms with van der Waals surface area (Å²) in [5, 5.41) is 22.8. The Balaban J connectivity index is 1.92. The fourth-order valence-electron chi connectivity index (χ4n) is 4.36. The molecule has 26 nitrogen and oxygen atoms in total. The lowest BCUT2D eigenvalue weighted by Crippen LogP contribution is -2.54. The Bertz CT molecular complexity index is 1550. The van der Waals surface area contributed by atoms with Crippen LogP contribution >= 0.6 is 33.3 Å². The first-order valence-electron chi connectivity index (χ1n) is 18.5. The maximum absolute atomic E-state index is 13.2. The molecule has 3 unspecified atom stereocenters. The van der Waals surface area contributed by atoms with Gasteiger partial charge in [-0.1, -0.05) is 21.6 Å². The van der Waals surface area contributed by atoms with E-state index in [0.717, 1.165) is 21.6 Å². The van der Waals surface area contributed by atoms with Gasteiger partial charge in [0, 0.05) is 24.6 Å². The first-order valence-corrected chi connectivity index (χ1v) is 22.0. The quantitative estimate of drug-likeness (QED) is 0.0477. The molecule has 2 heterocycles. The standard InChI is InChI=1S/C32H51N11O15S3/c33-21(44)14-58-15-27(50)34-1-3-55-5-7-57-8-6-56-4-2-35-31(54)32-43-26(49)13-40-30(53)20-17-61-60-16-19(42-25(48)12-38-28(51)18-59-32)29(52)39-10-23(46)36-9-22(45)37-11-24(47)41-20/h19-20,32H,1-18H2,(H2,33,44)(H,34,50)(H,35,54)(H,36,46)(H,37,45)(H,38,51)(H,39,52)(H,40,53)(H,41,47)(H,42,48)(H,43,49). The SMILES string of the molecule is NC(=O)COCC(=O)NCCOCCOCCOCCNC(=O)C1NC(=O)CNC(=O)C2CSSCC(NC(=O)CNC(=O)CS1)C(=O)NCC(=O)NCC(=O)NCC(=O)N2. The van der Waals surface area contributed by atoms with E-state index in [4.69, 9.17) is 24.7 Å². The zero-order chi connectivity index (χ0) is 44.8. The summed E-state index contributed by atoms with van der Waals surface area (Å²) in [7, 11) is 2.08. The number of hydrogen-bond acceptors (Lipinski definition) is 18. The Hall–Kier alpha value is -4.94. The number of nitrogens with one attached hydrogen (secondary N) is 10. The minimum absolute atomic E-state index is 0.00576. The third-order valence-corrected chi connectivity index (χ3v) is 10.8. The molecular formula is C32H51N11O15S3. The van der Waals surface area contributed by atoms with Crippen LogP contribution < -0.4 is 58.9 Å². The monoisotopic (exact) mass is 925 g/mol. The van der Waals surface area contributed by atoms with Gasteiger partial charge in [-0.3, -0.25) is 52.7 Å². The van der Waals surface area contributed by atoms with E-state index in [0.29, 0.717) is 11.8 Å². The Morgan fingerprint density at radius 3 is 1.52 bits per heavy atom. The smallest absolute Gasteiger partial charge is 0.253 e. The number of carbonyl (C=O) groups is 11. The number of fused-ring (bicyclic) bond motifs is 5. The Morgan fingerprint density at radius 1 is 0.541 bits per heavy atom. The molecule has 342 valence electrons.